The van der Waals surface area contributed by atoms with Gasteiger partial charge in [0.05, 0.1) is 11.7 Å². The summed E-state index contributed by atoms with van der Waals surface area (Å²) in [5, 5.41) is 0. The molecular formula is C13H22O2. The molecule has 0 aromatic heterocycles. The van der Waals surface area contributed by atoms with Crippen LogP contribution in [0.15, 0.2) is 11.6 Å². The molecule has 0 unspecified atom stereocenters. The first-order chi connectivity index (χ1) is 6.80. The van der Waals surface area contributed by atoms with E-state index in [1.54, 1.807) is 0 Å². The van der Waals surface area contributed by atoms with Crippen molar-refractivity contribution in [2.75, 3.05) is 0 Å². The maximum atomic E-state index is 6.01. The fraction of sp³-hybridized carbons (Fsp3) is 0.846. The predicted octanol–water partition coefficient (Wildman–Crippen LogP) is 3.27. The lowest BCUT2D eigenvalue weighted by atomic mass is 9.76. The highest BCUT2D eigenvalue weighted by Gasteiger charge is 2.47. The lowest BCUT2D eigenvalue weighted by molar-refractivity contribution is -0.341. The lowest BCUT2D eigenvalue weighted by Crippen LogP contribution is -2.56. The zero-order valence-corrected chi connectivity index (χ0v) is 10.5. The first-order valence-electron chi connectivity index (χ1n) is 5.85. The maximum absolute atomic E-state index is 6.01. The molecule has 1 fully saturated rings. The van der Waals surface area contributed by atoms with Crippen LogP contribution in [0.25, 0.3) is 0 Å². The molecule has 2 aliphatic rings. The van der Waals surface area contributed by atoms with E-state index in [-0.39, 0.29) is 11.7 Å². The Labute approximate surface area is 92.6 Å². The number of hydrogen-bond acceptors (Lipinski definition) is 2. The van der Waals surface area contributed by atoms with E-state index in [1.807, 2.05) is 13.8 Å². The zero-order valence-electron chi connectivity index (χ0n) is 10.5. The Bertz CT molecular complexity index is 289. The number of ether oxygens (including phenoxy) is 2. The van der Waals surface area contributed by atoms with Crippen LogP contribution in [-0.4, -0.2) is 17.5 Å². The van der Waals surface area contributed by atoms with Crippen molar-refractivity contribution in [1.29, 1.82) is 0 Å². The number of fused-ring (bicyclic) bond motifs is 1. The Morgan fingerprint density at radius 1 is 1.27 bits per heavy atom. The molecule has 1 aliphatic carbocycles. The number of allylic oxidation sites excluding steroid dienone is 1. The molecule has 86 valence electrons. The van der Waals surface area contributed by atoms with Gasteiger partial charge in [0.2, 0.25) is 0 Å². The van der Waals surface area contributed by atoms with Gasteiger partial charge in [-0.2, -0.15) is 0 Å². The molecule has 0 N–H and O–H groups in total. The Morgan fingerprint density at radius 2 is 1.93 bits per heavy atom. The quantitative estimate of drug-likeness (QED) is 0.571. The Kier molecular flexibility index (Phi) is 2.47. The molecule has 1 aliphatic heterocycles. The summed E-state index contributed by atoms with van der Waals surface area (Å²) in [4.78, 5) is 0. The van der Waals surface area contributed by atoms with Crippen LogP contribution in [-0.2, 0) is 9.47 Å². The molecule has 0 saturated carbocycles. The smallest absolute Gasteiger partial charge is 0.164 e. The minimum Gasteiger partial charge on any atom is -0.344 e. The van der Waals surface area contributed by atoms with E-state index >= 15 is 0 Å². The largest absolute Gasteiger partial charge is 0.344 e. The third kappa shape index (κ3) is 2.11. The van der Waals surface area contributed by atoms with Crippen molar-refractivity contribution in [3.8, 4) is 0 Å². The van der Waals surface area contributed by atoms with Crippen molar-refractivity contribution in [3.05, 3.63) is 11.6 Å². The SMILES string of the molecule is CC1=C[C@@H]2OC(C)(C)OC(C)(C)[C@@H]2CC1. The first-order valence-corrected chi connectivity index (χ1v) is 5.85. The molecule has 0 bridgehead atoms. The van der Waals surface area contributed by atoms with Crippen molar-refractivity contribution >= 4 is 0 Å². The molecule has 1 heterocycles. The molecular weight excluding hydrogens is 188 g/mol. The van der Waals surface area contributed by atoms with Crippen molar-refractivity contribution in [3.63, 3.8) is 0 Å². The van der Waals surface area contributed by atoms with E-state index in [1.165, 1.54) is 18.4 Å². The molecule has 2 rings (SSSR count). The van der Waals surface area contributed by atoms with Crippen LogP contribution in [0, 0.1) is 5.92 Å². The van der Waals surface area contributed by atoms with Crippen LogP contribution in [0.3, 0.4) is 0 Å². The van der Waals surface area contributed by atoms with E-state index in [0.717, 1.165) is 0 Å². The predicted molar refractivity (Wildman–Crippen MR) is 60.6 cm³/mol. The van der Waals surface area contributed by atoms with E-state index in [9.17, 15) is 0 Å². The highest BCUT2D eigenvalue weighted by Crippen LogP contribution is 2.43. The second kappa shape index (κ2) is 3.33. The summed E-state index contributed by atoms with van der Waals surface area (Å²) >= 11 is 0. The normalized spacial score (nSPS) is 38.1. The molecule has 0 radical (unpaired) electrons. The molecule has 0 spiro atoms. The Hall–Kier alpha value is -0.340. The summed E-state index contributed by atoms with van der Waals surface area (Å²) in [7, 11) is 0. The van der Waals surface area contributed by atoms with E-state index in [0.29, 0.717) is 5.92 Å². The van der Waals surface area contributed by atoms with Gasteiger partial charge in [0.15, 0.2) is 5.79 Å². The highest BCUT2D eigenvalue weighted by molar-refractivity contribution is 5.12. The summed E-state index contributed by atoms with van der Waals surface area (Å²) in [6.07, 6.45) is 4.87. The van der Waals surface area contributed by atoms with Crippen LogP contribution >= 0.6 is 0 Å². The van der Waals surface area contributed by atoms with Gasteiger partial charge in [0, 0.05) is 5.92 Å². The fourth-order valence-electron chi connectivity index (χ4n) is 2.95. The van der Waals surface area contributed by atoms with E-state index in [4.69, 9.17) is 9.47 Å². The summed E-state index contributed by atoms with van der Waals surface area (Å²) in [6, 6.07) is 0. The summed E-state index contributed by atoms with van der Waals surface area (Å²) in [5.74, 6) is 0.0351. The Morgan fingerprint density at radius 3 is 2.60 bits per heavy atom. The van der Waals surface area contributed by atoms with Crippen LogP contribution < -0.4 is 0 Å². The third-order valence-electron chi connectivity index (χ3n) is 3.52. The van der Waals surface area contributed by atoms with Gasteiger partial charge in [-0.25, -0.2) is 0 Å². The molecule has 2 nitrogen and oxygen atoms in total. The number of hydrogen-bond donors (Lipinski definition) is 0. The summed E-state index contributed by atoms with van der Waals surface area (Å²) in [5.41, 5.74) is 1.37. The summed E-state index contributed by atoms with van der Waals surface area (Å²) in [6.45, 7) is 10.6. The first kappa shape index (κ1) is 11.2. The minimum absolute atomic E-state index is 0.0797. The minimum atomic E-state index is -0.460. The molecule has 2 heteroatoms. The van der Waals surface area contributed by atoms with Crippen LogP contribution in [0.2, 0.25) is 0 Å². The molecule has 0 amide bonds. The zero-order chi connectivity index (χ0) is 11.3. The van der Waals surface area contributed by atoms with Gasteiger partial charge in [0.1, 0.15) is 0 Å². The van der Waals surface area contributed by atoms with Gasteiger partial charge >= 0.3 is 0 Å². The molecule has 0 aromatic rings. The van der Waals surface area contributed by atoms with Gasteiger partial charge in [-0.3, -0.25) is 0 Å². The second-order valence-electron chi connectivity index (χ2n) is 5.85. The van der Waals surface area contributed by atoms with Crippen LogP contribution in [0.5, 0.6) is 0 Å². The van der Waals surface area contributed by atoms with Crippen molar-refractivity contribution in [2.45, 2.75) is 65.0 Å². The standard InChI is InChI=1S/C13H22O2/c1-9-6-7-10-11(8-9)14-13(4,5)15-12(10,2)3/h8,10-11H,6-7H2,1-5H3/t10-,11+/m1/s1. The van der Waals surface area contributed by atoms with E-state index in [2.05, 4.69) is 26.8 Å². The molecule has 1 saturated heterocycles. The Balaban J connectivity index is 2.28. The third-order valence-corrected chi connectivity index (χ3v) is 3.52. The average Bonchev–Trinajstić information content (AvgIpc) is 1.97. The van der Waals surface area contributed by atoms with Gasteiger partial charge in [0.25, 0.3) is 0 Å². The second-order valence-corrected chi connectivity index (χ2v) is 5.85. The monoisotopic (exact) mass is 210 g/mol. The van der Waals surface area contributed by atoms with Crippen molar-refractivity contribution in [2.24, 2.45) is 5.92 Å². The molecule has 2 atom stereocenters. The van der Waals surface area contributed by atoms with Gasteiger partial charge in [-0.1, -0.05) is 11.6 Å². The van der Waals surface area contributed by atoms with Gasteiger partial charge in [-0.15, -0.1) is 0 Å². The fourth-order valence-corrected chi connectivity index (χ4v) is 2.95. The average molecular weight is 210 g/mol. The van der Waals surface area contributed by atoms with Gasteiger partial charge in [-0.05, 0) is 47.5 Å². The van der Waals surface area contributed by atoms with Crippen LogP contribution in [0.1, 0.15) is 47.5 Å². The summed E-state index contributed by atoms with van der Waals surface area (Å²) < 4.78 is 12.0. The molecule has 15 heavy (non-hydrogen) atoms. The van der Waals surface area contributed by atoms with Crippen LogP contribution in [0.4, 0.5) is 0 Å². The lowest BCUT2D eigenvalue weighted by Gasteiger charge is -2.51. The van der Waals surface area contributed by atoms with Crippen molar-refractivity contribution in [1.82, 2.24) is 0 Å². The van der Waals surface area contributed by atoms with E-state index < -0.39 is 5.79 Å². The number of rotatable bonds is 0. The van der Waals surface area contributed by atoms with Gasteiger partial charge < -0.3 is 9.47 Å². The molecule has 0 aromatic carbocycles. The highest BCUT2D eigenvalue weighted by atomic mass is 16.7. The topological polar surface area (TPSA) is 18.5 Å². The van der Waals surface area contributed by atoms with Crippen molar-refractivity contribution < 1.29 is 9.47 Å². The maximum Gasteiger partial charge on any atom is 0.164 e.